The van der Waals surface area contributed by atoms with Crippen LogP contribution in [0.4, 0.5) is 11.6 Å². The molecule has 0 saturated carbocycles. The average molecular weight is 252 g/mol. The number of methoxy groups -OCH3 is 1. The molecule has 0 bridgehead atoms. The molecule has 98 valence electrons. The Bertz CT molecular complexity index is 427. The van der Waals surface area contributed by atoms with E-state index >= 15 is 0 Å². The Morgan fingerprint density at radius 3 is 3.11 bits per heavy atom. The molecule has 2 heterocycles. The number of hydrogen-bond acceptors (Lipinski definition) is 7. The van der Waals surface area contributed by atoms with Gasteiger partial charge in [-0.2, -0.15) is 0 Å². The maximum absolute atomic E-state index is 11.2. The summed E-state index contributed by atoms with van der Waals surface area (Å²) in [5.41, 5.74) is 5.78. The zero-order chi connectivity index (χ0) is 13.0. The van der Waals surface area contributed by atoms with Crippen molar-refractivity contribution in [3.63, 3.8) is 0 Å². The molecule has 7 nitrogen and oxygen atoms in total. The van der Waals surface area contributed by atoms with Crippen molar-refractivity contribution < 1.29 is 14.3 Å². The number of aromatic nitrogens is 2. The Labute approximate surface area is 105 Å². The van der Waals surface area contributed by atoms with Crippen LogP contribution in [0.15, 0.2) is 12.4 Å². The largest absolute Gasteiger partial charge is 0.469 e. The molecule has 1 aromatic rings. The quantitative estimate of drug-likeness (QED) is 0.746. The number of nitrogens with two attached hydrogens (primary N) is 1. The summed E-state index contributed by atoms with van der Waals surface area (Å²) in [6.07, 6.45) is 3.17. The number of nitrogen functional groups attached to an aromatic ring is 1. The lowest BCUT2D eigenvalue weighted by Gasteiger charge is -2.33. The van der Waals surface area contributed by atoms with Crippen LogP contribution >= 0.6 is 0 Å². The van der Waals surface area contributed by atoms with E-state index in [1.54, 1.807) is 12.4 Å². The molecule has 18 heavy (non-hydrogen) atoms. The fourth-order valence-corrected chi connectivity index (χ4v) is 1.89. The van der Waals surface area contributed by atoms with Gasteiger partial charge in [-0.15, -0.1) is 0 Å². The first kappa shape index (κ1) is 12.6. The van der Waals surface area contributed by atoms with Gasteiger partial charge in [0.2, 0.25) is 0 Å². The van der Waals surface area contributed by atoms with Crippen LogP contribution in [0.25, 0.3) is 0 Å². The second-order valence-electron chi connectivity index (χ2n) is 3.98. The number of hydrogen-bond donors (Lipinski definition) is 1. The van der Waals surface area contributed by atoms with Gasteiger partial charge in [-0.3, -0.25) is 4.79 Å². The predicted molar refractivity (Wildman–Crippen MR) is 65.0 cm³/mol. The molecule has 1 aromatic heterocycles. The molecule has 0 aliphatic carbocycles. The first-order valence-corrected chi connectivity index (χ1v) is 5.70. The van der Waals surface area contributed by atoms with Crippen molar-refractivity contribution >= 4 is 17.6 Å². The van der Waals surface area contributed by atoms with Crippen LogP contribution in [-0.4, -0.2) is 48.8 Å². The fourth-order valence-electron chi connectivity index (χ4n) is 1.89. The first-order valence-electron chi connectivity index (χ1n) is 5.70. The molecule has 1 atom stereocenters. The second-order valence-corrected chi connectivity index (χ2v) is 3.98. The van der Waals surface area contributed by atoms with Gasteiger partial charge in [-0.1, -0.05) is 0 Å². The zero-order valence-corrected chi connectivity index (χ0v) is 10.2. The van der Waals surface area contributed by atoms with Crippen LogP contribution in [0.5, 0.6) is 0 Å². The molecule has 1 unspecified atom stereocenters. The molecule has 1 saturated heterocycles. The average Bonchev–Trinajstić information content (AvgIpc) is 2.39. The second kappa shape index (κ2) is 5.63. The Balaban J connectivity index is 2.03. The Morgan fingerprint density at radius 1 is 1.61 bits per heavy atom. The van der Waals surface area contributed by atoms with Gasteiger partial charge < -0.3 is 20.1 Å². The van der Waals surface area contributed by atoms with Crippen LogP contribution < -0.4 is 10.6 Å². The number of ether oxygens (including phenoxy) is 2. The smallest absolute Gasteiger partial charge is 0.308 e. The lowest BCUT2D eigenvalue weighted by molar-refractivity contribution is -0.144. The van der Waals surface area contributed by atoms with E-state index in [1.165, 1.54) is 7.11 Å². The fraction of sp³-hybridized carbons (Fsp3) is 0.545. The molecule has 2 rings (SSSR count). The van der Waals surface area contributed by atoms with Gasteiger partial charge in [-0.25, -0.2) is 9.97 Å². The summed E-state index contributed by atoms with van der Waals surface area (Å²) in [4.78, 5) is 21.4. The zero-order valence-electron chi connectivity index (χ0n) is 10.2. The van der Waals surface area contributed by atoms with Crippen molar-refractivity contribution in [3.05, 3.63) is 12.4 Å². The maximum Gasteiger partial charge on any atom is 0.308 e. The van der Waals surface area contributed by atoms with Gasteiger partial charge in [-0.05, 0) is 0 Å². The molecule has 1 fully saturated rings. The molecular weight excluding hydrogens is 236 g/mol. The molecule has 2 N–H and O–H groups in total. The minimum absolute atomic E-state index is 0.201. The highest BCUT2D eigenvalue weighted by Crippen LogP contribution is 2.20. The molecule has 0 radical (unpaired) electrons. The minimum Gasteiger partial charge on any atom is -0.469 e. The number of esters is 1. The standard InChI is InChI=1S/C11H16N4O3/c1-17-9(16)6-8-7-15(4-5-18-8)11-10(12)13-2-3-14-11/h2-3,8H,4-7H2,1H3,(H2,12,13). The monoisotopic (exact) mass is 252 g/mol. The van der Waals surface area contributed by atoms with Crippen LogP contribution in [0.3, 0.4) is 0 Å². The van der Waals surface area contributed by atoms with Gasteiger partial charge in [0.05, 0.1) is 26.2 Å². The summed E-state index contributed by atoms with van der Waals surface area (Å²) in [5.74, 6) is 0.737. The van der Waals surface area contributed by atoms with E-state index in [2.05, 4.69) is 14.7 Å². The number of rotatable bonds is 3. The first-order chi connectivity index (χ1) is 8.70. The number of anilines is 2. The van der Waals surface area contributed by atoms with E-state index in [1.807, 2.05) is 4.90 Å². The van der Waals surface area contributed by atoms with Crippen molar-refractivity contribution in [2.75, 3.05) is 37.4 Å². The van der Waals surface area contributed by atoms with Gasteiger partial charge in [0.1, 0.15) is 0 Å². The molecule has 0 amide bonds. The van der Waals surface area contributed by atoms with Gasteiger partial charge in [0.25, 0.3) is 0 Å². The topological polar surface area (TPSA) is 90.6 Å². The Hall–Kier alpha value is -1.89. The molecule has 1 aliphatic heterocycles. The van der Waals surface area contributed by atoms with E-state index in [0.717, 1.165) is 0 Å². The van der Waals surface area contributed by atoms with Crippen LogP contribution in [-0.2, 0) is 14.3 Å². The SMILES string of the molecule is COC(=O)CC1CN(c2nccnc2N)CCO1. The predicted octanol–water partition coefficient (Wildman–Crippen LogP) is -0.173. The number of morpholine rings is 1. The van der Waals surface area contributed by atoms with Crippen molar-refractivity contribution in [1.82, 2.24) is 9.97 Å². The lowest BCUT2D eigenvalue weighted by atomic mass is 10.2. The van der Waals surface area contributed by atoms with E-state index in [-0.39, 0.29) is 18.5 Å². The van der Waals surface area contributed by atoms with E-state index in [4.69, 9.17) is 10.5 Å². The Kier molecular flexibility index (Phi) is 3.93. The maximum atomic E-state index is 11.2. The highest BCUT2D eigenvalue weighted by molar-refractivity contribution is 5.70. The summed E-state index contributed by atoms with van der Waals surface area (Å²) in [6.45, 7) is 1.76. The summed E-state index contributed by atoms with van der Waals surface area (Å²) >= 11 is 0. The normalized spacial score (nSPS) is 19.6. The molecule has 7 heteroatoms. The Morgan fingerprint density at radius 2 is 2.39 bits per heavy atom. The van der Waals surface area contributed by atoms with E-state index < -0.39 is 0 Å². The third kappa shape index (κ3) is 2.86. The van der Waals surface area contributed by atoms with Crippen molar-refractivity contribution in [2.24, 2.45) is 0 Å². The van der Waals surface area contributed by atoms with E-state index in [0.29, 0.717) is 31.3 Å². The molecule has 0 spiro atoms. The number of carbonyl (C=O) groups is 1. The number of carbonyl (C=O) groups excluding carboxylic acids is 1. The molecule has 0 aromatic carbocycles. The highest BCUT2D eigenvalue weighted by Gasteiger charge is 2.25. The highest BCUT2D eigenvalue weighted by atomic mass is 16.5. The lowest BCUT2D eigenvalue weighted by Crippen LogP contribution is -2.44. The summed E-state index contributed by atoms with van der Waals surface area (Å²) in [5, 5.41) is 0. The van der Waals surface area contributed by atoms with Crippen LogP contribution in [0.2, 0.25) is 0 Å². The van der Waals surface area contributed by atoms with Gasteiger partial charge >= 0.3 is 5.97 Å². The van der Waals surface area contributed by atoms with E-state index in [9.17, 15) is 4.79 Å². The third-order valence-electron chi connectivity index (χ3n) is 2.77. The molecular formula is C11H16N4O3. The summed E-state index contributed by atoms with van der Waals surface area (Å²) in [6, 6.07) is 0. The van der Waals surface area contributed by atoms with Crippen LogP contribution in [0, 0.1) is 0 Å². The molecule has 1 aliphatic rings. The van der Waals surface area contributed by atoms with Gasteiger partial charge in [0, 0.05) is 25.5 Å². The minimum atomic E-state index is -0.283. The van der Waals surface area contributed by atoms with Crippen LogP contribution in [0.1, 0.15) is 6.42 Å². The number of nitrogens with zero attached hydrogens (tertiary/aromatic N) is 3. The van der Waals surface area contributed by atoms with Crippen molar-refractivity contribution in [2.45, 2.75) is 12.5 Å². The van der Waals surface area contributed by atoms with Gasteiger partial charge in [0.15, 0.2) is 11.6 Å². The third-order valence-corrected chi connectivity index (χ3v) is 2.77. The summed E-state index contributed by atoms with van der Waals surface area (Å²) < 4.78 is 10.1. The van der Waals surface area contributed by atoms with Crippen molar-refractivity contribution in [1.29, 1.82) is 0 Å². The summed E-state index contributed by atoms with van der Waals surface area (Å²) in [7, 11) is 1.36. The van der Waals surface area contributed by atoms with Crippen molar-refractivity contribution in [3.8, 4) is 0 Å².